The fourth-order valence-electron chi connectivity index (χ4n) is 3.76. The number of rotatable bonds is 2. The zero-order valence-electron chi connectivity index (χ0n) is 14.6. The third-order valence-electron chi connectivity index (χ3n) is 5.02. The SMILES string of the molecule is N=C(Nc1ccc(N)c2ccccc12)Nc1ccc2c3c(cccc13)C=C2. The van der Waals surface area contributed by atoms with Gasteiger partial charge in [0.15, 0.2) is 5.96 Å². The molecule has 0 radical (unpaired) electrons. The fraction of sp³-hybridized carbons (Fsp3) is 0. The van der Waals surface area contributed by atoms with Crippen molar-refractivity contribution in [3.63, 3.8) is 0 Å². The molecule has 4 aromatic carbocycles. The number of guanidine groups is 1. The molecule has 0 atom stereocenters. The van der Waals surface area contributed by atoms with E-state index in [0.29, 0.717) is 0 Å². The zero-order chi connectivity index (χ0) is 18.4. The van der Waals surface area contributed by atoms with E-state index in [2.05, 4.69) is 41.0 Å². The van der Waals surface area contributed by atoms with Crippen molar-refractivity contribution in [1.82, 2.24) is 0 Å². The van der Waals surface area contributed by atoms with E-state index < -0.39 is 0 Å². The van der Waals surface area contributed by atoms with E-state index in [1.54, 1.807) is 0 Å². The van der Waals surface area contributed by atoms with Crippen molar-refractivity contribution >= 4 is 56.7 Å². The molecule has 130 valence electrons. The summed E-state index contributed by atoms with van der Waals surface area (Å²) >= 11 is 0. The lowest BCUT2D eigenvalue weighted by molar-refractivity contribution is 1.44. The van der Waals surface area contributed by atoms with Crippen LogP contribution in [0.4, 0.5) is 17.1 Å². The van der Waals surface area contributed by atoms with Gasteiger partial charge in [-0.1, -0.05) is 60.7 Å². The highest BCUT2D eigenvalue weighted by atomic mass is 15.1. The Morgan fingerprint density at radius 2 is 1.30 bits per heavy atom. The van der Waals surface area contributed by atoms with Crippen LogP contribution in [0.1, 0.15) is 11.1 Å². The number of nitrogens with one attached hydrogen (secondary N) is 3. The minimum Gasteiger partial charge on any atom is -0.398 e. The summed E-state index contributed by atoms with van der Waals surface area (Å²) in [6.45, 7) is 0. The molecule has 0 unspecified atom stereocenters. The number of hydrogen-bond acceptors (Lipinski definition) is 2. The molecule has 4 aromatic rings. The maximum Gasteiger partial charge on any atom is 0.197 e. The second kappa shape index (κ2) is 5.88. The number of nitrogen functional groups attached to an aromatic ring is 1. The third-order valence-corrected chi connectivity index (χ3v) is 5.02. The molecule has 0 saturated heterocycles. The molecule has 0 bridgehead atoms. The van der Waals surface area contributed by atoms with Gasteiger partial charge in [0.2, 0.25) is 0 Å². The van der Waals surface area contributed by atoms with E-state index in [0.717, 1.165) is 33.2 Å². The normalized spacial score (nSPS) is 11.9. The Morgan fingerprint density at radius 1 is 0.667 bits per heavy atom. The van der Waals surface area contributed by atoms with E-state index in [1.807, 2.05) is 48.5 Å². The summed E-state index contributed by atoms with van der Waals surface area (Å²) in [5.41, 5.74) is 11.0. The van der Waals surface area contributed by atoms with Crippen LogP contribution >= 0.6 is 0 Å². The molecule has 0 heterocycles. The van der Waals surface area contributed by atoms with Crippen molar-refractivity contribution in [2.24, 2.45) is 0 Å². The van der Waals surface area contributed by atoms with Crippen LogP contribution < -0.4 is 16.4 Å². The largest absolute Gasteiger partial charge is 0.398 e. The van der Waals surface area contributed by atoms with E-state index in [-0.39, 0.29) is 5.96 Å². The molecule has 1 aliphatic carbocycles. The van der Waals surface area contributed by atoms with Crippen molar-refractivity contribution in [3.05, 3.63) is 77.9 Å². The lowest BCUT2D eigenvalue weighted by Crippen LogP contribution is -2.20. The Morgan fingerprint density at radius 3 is 2.11 bits per heavy atom. The van der Waals surface area contributed by atoms with E-state index >= 15 is 0 Å². The van der Waals surface area contributed by atoms with Crippen LogP contribution in [0.15, 0.2) is 66.7 Å². The lowest BCUT2D eigenvalue weighted by atomic mass is 10.0. The standard InChI is InChI=1S/C23H18N4/c24-19-11-13-20(17-6-2-1-5-16(17)19)26-23(25)27-21-12-10-15-9-8-14-4-3-7-18(21)22(14)15/h1-13H,24H2,(H3,25,26,27). The predicted octanol–water partition coefficient (Wildman–Crippen LogP) is 5.52. The van der Waals surface area contributed by atoms with Gasteiger partial charge in [-0.2, -0.15) is 0 Å². The average Bonchev–Trinajstić information content (AvgIpc) is 3.11. The van der Waals surface area contributed by atoms with Gasteiger partial charge in [0.1, 0.15) is 0 Å². The van der Waals surface area contributed by atoms with Gasteiger partial charge in [0.25, 0.3) is 0 Å². The second-order valence-corrected chi connectivity index (χ2v) is 6.68. The van der Waals surface area contributed by atoms with Crippen LogP contribution in [0.25, 0.3) is 33.7 Å². The van der Waals surface area contributed by atoms with Gasteiger partial charge in [0.05, 0.1) is 0 Å². The minimum absolute atomic E-state index is 0.219. The Labute approximate surface area is 156 Å². The minimum atomic E-state index is 0.219. The van der Waals surface area contributed by atoms with Gasteiger partial charge in [-0.25, -0.2) is 0 Å². The van der Waals surface area contributed by atoms with Crippen molar-refractivity contribution in [3.8, 4) is 0 Å². The van der Waals surface area contributed by atoms with Crippen LogP contribution in [-0.4, -0.2) is 5.96 Å². The molecule has 4 nitrogen and oxygen atoms in total. The van der Waals surface area contributed by atoms with Crippen LogP contribution in [-0.2, 0) is 0 Å². The Bertz CT molecular complexity index is 1240. The molecular weight excluding hydrogens is 332 g/mol. The number of nitrogens with two attached hydrogens (primary N) is 1. The molecule has 0 aromatic heterocycles. The van der Waals surface area contributed by atoms with Gasteiger partial charge in [-0.15, -0.1) is 0 Å². The summed E-state index contributed by atoms with van der Waals surface area (Å²) in [4.78, 5) is 0. The zero-order valence-corrected chi connectivity index (χ0v) is 14.6. The molecule has 0 spiro atoms. The van der Waals surface area contributed by atoms with Crippen molar-refractivity contribution in [1.29, 1.82) is 5.41 Å². The second-order valence-electron chi connectivity index (χ2n) is 6.68. The van der Waals surface area contributed by atoms with E-state index in [1.165, 1.54) is 16.5 Å². The first-order valence-corrected chi connectivity index (χ1v) is 8.84. The highest BCUT2D eigenvalue weighted by Crippen LogP contribution is 2.35. The predicted molar refractivity (Wildman–Crippen MR) is 116 cm³/mol. The van der Waals surface area contributed by atoms with Crippen molar-refractivity contribution in [2.45, 2.75) is 0 Å². The quantitative estimate of drug-likeness (QED) is 0.192. The molecule has 5 rings (SSSR count). The number of fused-ring (bicyclic) bond motifs is 1. The summed E-state index contributed by atoms with van der Waals surface area (Å²) in [6, 6.07) is 22.1. The maximum absolute atomic E-state index is 8.42. The molecule has 4 heteroatoms. The Hall–Kier alpha value is -3.79. The monoisotopic (exact) mass is 350 g/mol. The first-order chi connectivity index (χ1) is 13.2. The third kappa shape index (κ3) is 2.50. The summed E-state index contributed by atoms with van der Waals surface area (Å²) < 4.78 is 0. The molecule has 27 heavy (non-hydrogen) atoms. The summed E-state index contributed by atoms with van der Waals surface area (Å²) in [5, 5.41) is 19.1. The number of anilines is 3. The van der Waals surface area contributed by atoms with Crippen LogP contribution in [0.5, 0.6) is 0 Å². The molecule has 0 amide bonds. The highest BCUT2D eigenvalue weighted by Gasteiger charge is 2.13. The van der Waals surface area contributed by atoms with Crippen LogP contribution in [0.2, 0.25) is 0 Å². The van der Waals surface area contributed by atoms with Gasteiger partial charge in [0, 0.05) is 33.2 Å². The number of hydrogen-bond donors (Lipinski definition) is 4. The molecule has 1 aliphatic rings. The molecule has 0 aliphatic heterocycles. The van der Waals surface area contributed by atoms with Crippen LogP contribution in [0.3, 0.4) is 0 Å². The number of benzene rings is 4. The molecule has 0 saturated carbocycles. The maximum atomic E-state index is 8.42. The molecule has 5 N–H and O–H groups in total. The van der Waals surface area contributed by atoms with E-state index in [9.17, 15) is 0 Å². The van der Waals surface area contributed by atoms with Gasteiger partial charge >= 0.3 is 0 Å². The van der Waals surface area contributed by atoms with Crippen LogP contribution in [0, 0.1) is 5.41 Å². The van der Waals surface area contributed by atoms with Gasteiger partial charge in [-0.3, -0.25) is 5.41 Å². The topological polar surface area (TPSA) is 73.9 Å². The summed E-state index contributed by atoms with van der Waals surface area (Å²) in [7, 11) is 0. The highest BCUT2D eigenvalue weighted by molar-refractivity contribution is 6.15. The summed E-state index contributed by atoms with van der Waals surface area (Å²) in [6.07, 6.45) is 4.26. The Balaban J connectivity index is 1.48. The van der Waals surface area contributed by atoms with Gasteiger partial charge in [-0.05, 0) is 34.7 Å². The molecule has 0 fully saturated rings. The first kappa shape index (κ1) is 15.5. The van der Waals surface area contributed by atoms with Crippen molar-refractivity contribution < 1.29 is 0 Å². The van der Waals surface area contributed by atoms with E-state index in [4.69, 9.17) is 11.1 Å². The first-order valence-electron chi connectivity index (χ1n) is 8.84. The Kier molecular flexibility index (Phi) is 3.37. The smallest absolute Gasteiger partial charge is 0.197 e. The average molecular weight is 350 g/mol. The molecular formula is C23H18N4. The summed E-state index contributed by atoms with van der Waals surface area (Å²) in [5.74, 6) is 0.219. The lowest BCUT2D eigenvalue weighted by Gasteiger charge is -2.15. The van der Waals surface area contributed by atoms with Gasteiger partial charge < -0.3 is 16.4 Å². The van der Waals surface area contributed by atoms with Crippen molar-refractivity contribution in [2.75, 3.05) is 16.4 Å². The fourth-order valence-corrected chi connectivity index (χ4v) is 3.76.